The molecule has 0 spiro atoms. The summed E-state index contributed by atoms with van der Waals surface area (Å²) in [5.74, 6) is -1.04. The van der Waals surface area contributed by atoms with E-state index in [2.05, 4.69) is 121 Å². The van der Waals surface area contributed by atoms with Gasteiger partial charge in [0.05, 0.1) is 0 Å². The van der Waals surface area contributed by atoms with Crippen molar-refractivity contribution < 1.29 is 14.4 Å². The van der Waals surface area contributed by atoms with Gasteiger partial charge in [0.15, 0.2) is 0 Å². The van der Waals surface area contributed by atoms with Gasteiger partial charge in [0.2, 0.25) is 0 Å². The molecule has 5 rings (SSSR count). The fourth-order valence-corrected chi connectivity index (χ4v) is 4.98. The van der Waals surface area contributed by atoms with E-state index in [1.54, 1.807) is 24.3 Å². The number of carbonyl (C=O) groups excluding carboxylic acids is 1. The van der Waals surface area contributed by atoms with Crippen LogP contribution in [0.4, 0.5) is 0 Å². The van der Waals surface area contributed by atoms with Crippen molar-refractivity contribution in [1.82, 2.24) is 0 Å². The molecule has 0 amide bonds. The van der Waals surface area contributed by atoms with E-state index in [9.17, 15) is 9.90 Å². The Labute approximate surface area is 232 Å². The van der Waals surface area contributed by atoms with Gasteiger partial charge in [0, 0.05) is 34.6 Å². The molecule has 0 unspecified atom stereocenters. The first kappa shape index (κ1) is 27.6. The number of hydrogen-bond acceptors (Lipinski definition) is 2. The number of carbonyl (C=O) groups is 1. The number of quaternary nitrogens is 1. The van der Waals surface area contributed by atoms with Crippen molar-refractivity contribution in [2.24, 2.45) is 0 Å². The van der Waals surface area contributed by atoms with E-state index >= 15 is 0 Å². The maximum absolute atomic E-state index is 10.1. The lowest BCUT2D eigenvalue weighted by Gasteiger charge is -2.39. The summed E-state index contributed by atoms with van der Waals surface area (Å²) in [7, 11) is 0. The Morgan fingerprint density at radius 2 is 0.641 bits per heavy atom. The van der Waals surface area contributed by atoms with Crippen molar-refractivity contribution in [3.63, 3.8) is 0 Å². The predicted octanol–water partition coefficient (Wildman–Crippen LogP) is 6.58. The average molecular weight is 514 g/mol. The molecule has 3 nitrogen and oxygen atoms in total. The highest BCUT2D eigenvalue weighted by Gasteiger charge is 2.29. The van der Waals surface area contributed by atoms with Gasteiger partial charge in [-0.15, -0.1) is 0 Å². The van der Waals surface area contributed by atoms with Gasteiger partial charge in [-0.05, 0) is 5.56 Å². The molecule has 0 aliphatic rings. The topological polar surface area (TPSA) is 40.1 Å². The van der Waals surface area contributed by atoms with Gasteiger partial charge in [-0.1, -0.05) is 152 Å². The molecule has 0 bridgehead atoms. The summed E-state index contributed by atoms with van der Waals surface area (Å²) in [6.45, 7) is 4.00. The second-order valence-corrected chi connectivity index (χ2v) is 9.95. The lowest BCUT2D eigenvalue weighted by Crippen LogP contribution is -2.45. The van der Waals surface area contributed by atoms with Gasteiger partial charge in [0.25, 0.3) is 0 Å². The molecule has 39 heavy (non-hydrogen) atoms. The zero-order valence-electron chi connectivity index (χ0n) is 22.2. The van der Waals surface area contributed by atoms with Crippen LogP contribution in [0.25, 0.3) is 0 Å². The van der Waals surface area contributed by atoms with Gasteiger partial charge in [-0.2, -0.15) is 0 Å². The van der Waals surface area contributed by atoms with Gasteiger partial charge < -0.3 is 14.4 Å². The third-order valence-corrected chi connectivity index (χ3v) is 6.63. The summed E-state index contributed by atoms with van der Waals surface area (Å²) < 4.78 is 0.960. The normalized spacial score (nSPS) is 10.8. The molecule has 5 aromatic rings. The Bertz CT molecular complexity index is 1200. The third kappa shape index (κ3) is 9.41. The molecule has 0 radical (unpaired) electrons. The first-order chi connectivity index (χ1) is 19.1. The molecular weight excluding hydrogens is 478 g/mol. The van der Waals surface area contributed by atoms with Crippen LogP contribution >= 0.6 is 0 Å². The molecule has 0 N–H and O–H groups in total. The maximum atomic E-state index is 10.1. The highest BCUT2D eigenvalue weighted by Crippen LogP contribution is 2.27. The minimum absolute atomic E-state index is 0.000833. The zero-order valence-corrected chi connectivity index (χ0v) is 22.2. The molecule has 0 fully saturated rings. The standard InChI is InChI=1S/C28H28N.C8H8O2/c1-5-13-25(14-6-1)21-29(22-26-15-7-2-8-16-26,23-27-17-9-3-10-18-27)24-28-19-11-4-12-20-28;9-8(10)6-7-4-2-1-3-5-7/h1-20H,21-24H2;1-5H,6H2,(H,9,10)/q+1;/p-1. The van der Waals surface area contributed by atoms with E-state index in [4.69, 9.17) is 0 Å². The largest absolute Gasteiger partial charge is 0.550 e. The quantitative estimate of drug-likeness (QED) is 0.198. The molecule has 0 saturated carbocycles. The Hall–Kier alpha value is -4.47. The first-order valence-corrected chi connectivity index (χ1v) is 13.3. The number of hydrogen-bond donors (Lipinski definition) is 0. The number of benzene rings is 5. The van der Waals surface area contributed by atoms with Gasteiger partial charge >= 0.3 is 0 Å². The van der Waals surface area contributed by atoms with Crippen LogP contribution in [-0.4, -0.2) is 10.5 Å². The van der Waals surface area contributed by atoms with Crippen molar-refractivity contribution in [2.75, 3.05) is 0 Å². The van der Waals surface area contributed by atoms with Crippen molar-refractivity contribution in [3.8, 4) is 0 Å². The third-order valence-electron chi connectivity index (χ3n) is 6.63. The van der Waals surface area contributed by atoms with Crippen LogP contribution in [0.2, 0.25) is 0 Å². The molecule has 0 aliphatic heterocycles. The van der Waals surface area contributed by atoms with Crippen molar-refractivity contribution in [3.05, 3.63) is 179 Å². The van der Waals surface area contributed by atoms with Gasteiger partial charge in [-0.25, -0.2) is 0 Å². The molecule has 0 aliphatic carbocycles. The molecular formula is C36H35NO2. The van der Waals surface area contributed by atoms with Crippen molar-refractivity contribution in [1.29, 1.82) is 0 Å². The minimum atomic E-state index is -1.04. The van der Waals surface area contributed by atoms with E-state index in [-0.39, 0.29) is 6.42 Å². The zero-order chi connectivity index (χ0) is 27.2. The number of carboxylic acid groups (broad SMARTS) is 1. The van der Waals surface area contributed by atoms with Crippen molar-refractivity contribution in [2.45, 2.75) is 32.6 Å². The van der Waals surface area contributed by atoms with Crippen LogP contribution < -0.4 is 5.11 Å². The summed E-state index contributed by atoms with van der Waals surface area (Å²) in [4.78, 5) is 10.1. The molecule has 5 aromatic carbocycles. The summed E-state index contributed by atoms with van der Waals surface area (Å²) in [6.07, 6.45) is 0.000833. The second kappa shape index (κ2) is 14.5. The number of aliphatic carboxylic acids is 1. The van der Waals surface area contributed by atoms with Gasteiger partial charge in [0.1, 0.15) is 26.2 Å². The molecule has 196 valence electrons. The highest BCUT2D eigenvalue weighted by molar-refractivity contribution is 5.67. The predicted molar refractivity (Wildman–Crippen MR) is 156 cm³/mol. The van der Waals surface area contributed by atoms with Crippen LogP contribution in [0.5, 0.6) is 0 Å². The number of carboxylic acids is 1. The fourth-order valence-electron chi connectivity index (χ4n) is 4.98. The summed E-state index contributed by atoms with van der Waals surface area (Å²) in [6, 6.07) is 52.6. The van der Waals surface area contributed by atoms with Gasteiger partial charge in [-0.3, -0.25) is 0 Å². The van der Waals surface area contributed by atoms with E-state index in [1.165, 1.54) is 22.3 Å². The fraction of sp³-hybridized carbons (Fsp3) is 0.139. The monoisotopic (exact) mass is 513 g/mol. The summed E-state index contributed by atoms with van der Waals surface area (Å²) in [5, 5.41) is 10.1. The Balaban J connectivity index is 0.000000298. The SMILES string of the molecule is O=C([O-])Cc1ccccc1.c1ccc(C[N+](Cc2ccccc2)(Cc2ccccc2)Cc2ccccc2)cc1. The average Bonchev–Trinajstić information content (AvgIpc) is 2.96. The highest BCUT2D eigenvalue weighted by atomic mass is 16.4. The second-order valence-electron chi connectivity index (χ2n) is 9.95. The Kier molecular flexibility index (Phi) is 10.2. The summed E-state index contributed by atoms with van der Waals surface area (Å²) >= 11 is 0. The summed E-state index contributed by atoms with van der Waals surface area (Å²) in [5.41, 5.74) is 6.32. The Morgan fingerprint density at radius 3 is 0.872 bits per heavy atom. The lowest BCUT2D eigenvalue weighted by atomic mass is 10.0. The molecule has 0 saturated heterocycles. The molecule has 0 heterocycles. The van der Waals surface area contributed by atoms with Crippen LogP contribution in [0.15, 0.2) is 152 Å². The molecule has 0 aromatic heterocycles. The first-order valence-electron chi connectivity index (χ1n) is 13.3. The molecule has 3 heteroatoms. The van der Waals surface area contributed by atoms with E-state index in [1.807, 2.05) is 6.07 Å². The number of rotatable bonds is 10. The molecule has 0 atom stereocenters. The van der Waals surface area contributed by atoms with E-state index < -0.39 is 5.97 Å². The van der Waals surface area contributed by atoms with E-state index in [0.717, 1.165) is 36.2 Å². The van der Waals surface area contributed by atoms with Crippen LogP contribution in [0.3, 0.4) is 0 Å². The van der Waals surface area contributed by atoms with Crippen LogP contribution in [0.1, 0.15) is 27.8 Å². The smallest absolute Gasteiger partial charge is 0.105 e. The van der Waals surface area contributed by atoms with E-state index in [0.29, 0.717) is 0 Å². The number of nitrogens with zero attached hydrogens (tertiary/aromatic N) is 1. The Morgan fingerprint density at radius 1 is 0.410 bits per heavy atom. The van der Waals surface area contributed by atoms with Crippen molar-refractivity contribution >= 4 is 5.97 Å². The van der Waals surface area contributed by atoms with Crippen LogP contribution in [-0.2, 0) is 37.4 Å². The lowest BCUT2D eigenvalue weighted by molar-refractivity contribution is -0.978. The van der Waals surface area contributed by atoms with Crippen LogP contribution in [0, 0.1) is 0 Å². The maximum Gasteiger partial charge on any atom is 0.105 e. The minimum Gasteiger partial charge on any atom is -0.550 e.